The van der Waals surface area contributed by atoms with Gasteiger partial charge in [-0.2, -0.15) is 0 Å². The fourth-order valence-corrected chi connectivity index (χ4v) is 3.18. The van der Waals surface area contributed by atoms with Crippen molar-refractivity contribution in [2.24, 2.45) is 0 Å². The lowest BCUT2D eigenvalue weighted by Crippen LogP contribution is -2.19. The third-order valence-electron chi connectivity index (χ3n) is 3.77. The first-order valence-electron chi connectivity index (χ1n) is 8.26. The van der Waals surface area contributed by atoms with Crippen molar-refractivity contribution in [3.63, 3.8) is 0 Å². The smallest absolute Gasteiger partial charge is 0.244 e. The minimum atomic E-state index is -0.393. The molecule has 0 saturated heterocycles. The number of amides is 1. The van der Waals surface area contributed by atoms with Crippen LogP contribution in [0.1, 0.15) is 16.0 Å². The molecule has 0 unspecified atom stereocenters. The van der Waals surface area contributed by atoms with Crippen LogP contribution in [0.25, 0.3) is 6.08 Å². The van der Waals surface area contributed by atoms with Crippen LogP contribution in [-0.2, 0) is 17.9 Å². The number of carbonyl (C=O) groups excluding carboxylic acids is 1. The summed E-state index contributed by atoms with van der Waals surface area (Å²) in [7, 11) is 0. The number of ether oxygens (including phenoxy) is 1. The molecule has 3 rings (SSSR count). The number of halogens is 2. The van der Waals surface area contributed by atoms with E-state index in [-0.39, 0.29) is 12.5 Å². The van der Waals surface area contributed by atoms with Gasteiger partial charge < -0.3 is 10.1 Å². The first kappa shape index (κ1) is 19.1. The number of hydrogen-bond donors (Lipinski definition) is 1. The highest BCUT2D eigenvalue weighted by Gasteiger charge is 2.07. The number of benzene rings is 2. The quantitative estimate of drug-likeness (QED) is 0.534. The molecule has 1 N–H and O–H groups in total. The van der Waals surface area contributed by atoms with Crippen LogP contribution >= 0.6 is 22.9 Å². The molecule has 0 atom stereocenters. The molecule has 0 bridgehead atoms. The largest absolute Gasteiger partial charge is 0.489 e. The maximum Gasteiger partial charge on any atom is 0.244 e. The second-order valence-electron chi connectivity index (χ2n) is 5.69. The maximum absolute atomic E-state index is 13.7. The van der Waals surface area contributed by atoms with Gasteiger partial charge in [0.2, 0.25) is 5.91 Å². The lowest BCUT2D eigenvalue weighted by atomic mass is 10.2. The van der Waals surface area contributed by atoms with Gasteiger partial charge >= 0.3 is 0 Å². The number of nitrogens with one attached hydrogen (secondary N) is 1. The van der Waals surface area contributed by atoms with Crippen LogP contribution in [0.4, 0.5) is 4.39 Å². The molecular weight excluding hydrogens is 385 g/mol. The van der Waals surface area contributed by atoms with Gasteiger partial charge in [-0.15, -0.1) is 11.3 Å². The first-order valence-corrected chi connectivity index (χ1v) is 9.51. The van der Waals surface area contributed by atoms with Gasteiger partial charge in [0.1, 0.15) is 18.2 Å². The minimum absolute atomic E-state index is 0.0474. The Bertz CT molecular complexity index is 904. The van der Waals surface area contributed by atoms with Gasteiger partial charge in [-0.25, -0.2) is 4.39 Å². The van der Waals surface area contributed by atoms with E-state index in [4.69, 9.17) is 16.3 Å². The monoisotopic (exact) mass is 401 g/mol. The van der Waals surface area contributed by atoms with Gasteiger partial charge in [0.25, 0.3) is 0 Å². The summed E-state index contributed by atoms with van der Waals surface area (Å²) in [5.41, 5.74) is 1.18. The van der Waals surface area contributed by atoms with E-state index in [9.17, 15) is 9.18 Å². The molecular formula is C21H17ClFNO2S. The van der Waals surface area contributed by atoms with Crippen molar-refractivity contribution < 1.29 is 13.9 Å². The highest BCUT2D eigenvalue weighted by atomic mass is 35.5. The van der Waals surface area contributed by atoms with E-state index in [2.05, 4.69) is 5.32 Å². The lowest BCUT2D eigenvalue weighted by molar-refractivity contribution is -0.116. The molecule has 1 aromatic heterocycles. The summed E-state index contributed by atoms with van der Waals surface area (Å²) < 4.78 is 19.3. The van der Waals surface area contributed by atoms with Crippen LogP contribution < -0.4 is 10.1 Å². The topological polar surface area (TPSA) is 38.3 Å². The number of thiophene rings is 1. The molecule has 2 aromatic carbocycles. The van der Waals surface area contributed by atoms with Gasteiger partial charge in [-0.05, 0) is 47.4 Å². The van der Waals surface area contributed by atoms with Crippen LogP contribution in [0.5, 0.6) is 5.75 Å². The van der Waals surface area contributed by atoms with Crippen molar-refractivity contribution >= 4 is 34.9 Å². The molecule has 0 aliphatic carbocycles. The summed E-state index contributed by atoms with van der Waals surface area (Å²) in [5.74, 6) is 0.0437. The third kappa shape index (κ3) is 5.67. The zero-order valence-corrected chi connectivity index (χ0v) is 15.9. The van der Waals surface area contributed by atoms with Crippen LogP contribution in [0.15, 0.2) is 66.1 Å². The molecule has 0 fully saturated rings. The molecule has 0 spiro atoms. The van der Waals surface area contributed by atoms with Crippen LogP contribution in [-0.4, -0.2) is 5.91 Å². The third-order valence-corrected chi connectivity index (χ3v) is 5.00. The van der Waals surface area contributed by atoms with E-state index >= 15 is 0 Å². The van der Waals surface area contributed by atoms with E-state index in [1.165, 1.54) is 12.1 Å². The molecule has 3 nitrogen and oxygen atoms in total. The highest BCUT2D eigenvalue weighted by molar-refractivity contribution is 7.09. The van der Waals surface area contributed by atoms with Gasteiger partial charge in [0, 0.05) is 16.5 Å². The van der Waals surface area contributed by atoms with E-state index in [0.29, 0.717) is 22.9 Å². The van der Waals surface area contributed by atoms with Gasteiger partial charge in [0.05, 0.1) is 11.6 Å². The molecule has 1 amide bonds. The molecule has 27 heavy (non-hydrogen) atoms. The normalized spacial score (nSPS) is 10.9. The van der Waals surface area contributed by atoms with Crippen LogP contribution in [0.2, 0.25) is 5.02 Å². The van der Waals surface area contributed by atoms with Crippen molar-refractivity contribution in [1.82, 2.24) is 5.32 Å². The summed E-state index contributed by atoms with van der Waals surface area (Å²) in [6.45, 7) is 0.568. The van der Waals surface area contributed by atoms with E-state index in [1.54, 1.807) is 41.7 Å². The molecule has 0 saturated carbocycles. The van der Waals surface area contributed by atoms with Crippen molar-refractivity contribution in [3.05, 3.63) is 92.9 Å². The second kappa shape index (κ2) is 9.35. The molecule has 3 aromatic rings. The zero-order valence-electron chi connectivity index (χ0n) is 14.3. The average Bonchev–Trinajstić information content (AvgIpc) is 3.19. The Morgan fingerprint density at radius 2 is 1.96 bits per heavy atom. The highest BCUT2D eigenvalue weighted by Crippen LogP contribution is 2.22. The first-order chi connectivity index (χ1) is 13.1. The van der Waals surface area contributed by atoms with Crippen molar-refractivity contribution in [2.45, 2.75) is 13.2 Å². The molecule has 1 heterocycles. The standard InChI is InChI=1S/C21H17ClFNO2S/c22-19-4-1-5-20(23)18(19)14-26-16-9-6-15(7-10-16)8-11-21(25)24-13-17-3-2-12-27-17/h1-12H,13-14H2,(H,24,25). The van der Waals surface area contributed by atoms with Crippen molar-refractivity contribution in [1.29, 1.82) is 0 Å². The predicted octanol–water partition coefficient (Wildman–Crippen LogP) is 5.45. The number of rotatable bonds is 7. The SMILES string of the molecule is O=C(C=Cc1ccc(OCc2c(F)cccc2Cl)cc1)NCc1cccs1. The lowest BCUT2D eigenvalue weighted by Gasteiger charge is -2.09. The van der Waals surface area contributed by atoms with E-state index < -0.39 is 5.82 Å². The van der Waals surface area contributed by atoms with E-state index in [0.717, 1.165) is 10.4 Å². The Kier molecular flexibility index (Phi) is 6.63. The molecule has 138 valence electrons. The predicted molar refractivity (Wildman–Crippen MR) is 107 cm³/mol. The van der Waals surface area contributed by atoms with Gasteiger partial charge in [-0.1, -0.05) is 35.9 Å². The average molecular weight is 402 g/mol. The van der Waals surface area contributed by atoms with Crippen molar-refractivity contribution in [3.8, 4) is 5.75 Å². The second-order valence-corrected chi connectivity index (χ2v) is 7.13. The Morgan fingerprint density at radius 1 is 1.15 bits per heavy atom. The summed E-state index contributed by atoms with van der Waals surface area (Å²) in [6, 6.07) is 15.6. The summed E-state index contributed by atoms with van der Waals surface area (Å²) >= 11 is 7.58. The van der Waals surface area contributed by atoms with E-state index in [1.807, 2.05) is 29.6 Å². The molecule has 0 aliphatic heterocycles. The van der Waals surface area contributed by atoms with Gasteiger partial charge in [-0.3, -0.25) is 4.79 Å². The maximum atomic E-state index is 13.7. The molecule has 0 radical (unpaired) electrons. The summed E-state index contributed by atoms with van der Waals surface area (Å²) in [4.78, 5) is 12.9. The Balaban J connectivity index is 1.51. The Morgan fingerprint density at radius 3 is 2.67 bits per heavy atom. The minimum Gasteiger partial charge on any atom is -0.489 e. The van der Waals surface area contributed by atoms with Gasteiger partial charge in [0.15, 0.2) is 0 Å². The number of carbonyl (C=O) groups is 1. The van der Waals surface area contributed by atoms with Crippen LogP contribution in [0.3, 0.4) is 0 Å². The number of hydrogen-bond acceptors (Lipinski definition) is 3. The Labute approximate surface area is 166 Å². The summed E-state index contributed by atoms with van der Waals surface area (Å²) in [5, 5.41) is 5.14. The zero-order chi connectivity index (χ0) is 19.1. The summed E-state index contributed by atoms with van der Waals surface area (Å²) in [6.07, 6.45) is 3.21. The fraction of sp³-hybridized carbons (Fsp3) is 0.0952. The van der Waals surface area contributed by atoms with Crippen molar-refractivity contribution in [2.75, 3.05) is 0 Å². The van der Waals surface area contributed by atoms with Crippen LogP contribution in [0, 0.1) is 5.82 Å². The molecule has 0 aliphatic rings. The molecule has 6 heteroatoms. The fourth-order valence-electron chi connectivity index (χ4n) is 2.32. The Hall–Kier alpha value is -2.63.